The largest absolute Gasteiger partial charge is 0.433 e. The number of aromatic nitrogens is 5. The molecule has 1 atom stereocenters. The first kappa shape index (κ1) is 19.4. The first-order valence-electron chi connectivity index (χ1n) is 9.68. The van der Waals surface area contributed by atoms with Crippen molar-refractivity contribution < 1.29 is 17.6 Å². The SMILES string of the molecule is Fc1cccc(-c2ccc3c(C4CCCN4c4nccc(C(F)(F)F)n4)nnn3c2)c1. The molecule has 1 aliphatic heterocycles. The Morgan fingerprint density at radius 1 is 1.03 bits per heavy atom. The Morgan fingerprint density at radius 2 is 1.90 bits per heavy atom. The van der Waals surface area contributed by atoms with Gasteiger partial charge in [0.05, 0.1) is 11.6 Å². The molecule has 5 rings (SSSR count). The van der Waals surface area contributed by atoms with E-state index < -0.39 is 11.9 Å². The Hall–Kier alpha value is -3.56. The maximum atomic E-state index is 13.6. The minimum atomic E-state index is -4.54. The summed E-state index contributed by atoms with van der Waals surface area (Å²) < 4.78 is 54.4. The molecule has 1 saturated heterocycles. The van der Waals surface area contributed by atoms with Crippen molar-refractivity contribution in [2.75, 3.05) is 11.4 Å². The number of halogens is 4. The van der Waals surface area contributed by atoms with E-state index in [9.17, 15) is 17.6 Å². The minimum absolute atomic E-state index is 0.0230. The van der Waals surface area contributed by atoms with Crippen LogP contribution in [0.3, 0.4) is 0 Å². The Kier molecular flexibility index (Phi) is 4.57. The Balaban J connectivity index is 1.50. The maximum Gasteiger partial charge on any atom is 0.433 e. The second-order valence-electron chi connectivity index (χ2n) is 7.32. The fourth-order valence-electron chi connectivity index (χ4n) is 3.92. The van der Waals surface area contributed by atoms with Crippen LogP contribution in [0, 0.1) is 5.82 Å². The second-order valence-corrected chi connectivity index (χ2v) is 7.32. The highest BCUT2D eigenvalue weighted by molar-refractivity contribution is 5.66. The zero-order valence-corrected chi connectivity index (χ0v) is 16.1. The van der Waals surface area contributed by atoms with Crippen LogP contribution in [0.5, 0.6) is 0 Å². The second kappa shape index (κ2) is 7.29. The Bertz CT molecular complexity index is 1250. The molecule has 1 aliphatic rings. The number of alkyl halides is 3. The van der Waals surface area contributed by atoms with Crippen molar-refractivity contribution in [2.45, 2.75) is 25.1 Å². The van der Waals surface area contributed by atoms with Crippen molar-refractivity contribution >= 4 is 11.5 Å². The summed E-state index contributed by atoms with van der Waals surface area (Å²) in [6, 6.07) is 10.5. The molecular formula is C21H16F4N6. The van der Waals surface area contributed by atoms with E-state index in [0.29, 0.717) is 24.2 Å². The van der Waals surface area contributed by atoms with Crippen LogP contribution in [0.2, 0.25) is 0 Å². The third-order valence-corrected chi connectivity index (χ3v) is 5.36. The lowest BCUT2D eigenvalue weighted by atomic mass is 10.1. The van der Waals surface area contributed by atoms with E-state index in [2.05, 4.69) is 20.3 Å². The van der Waals surface area contributed by atoms with Gasteiger partial charge in [-0.25, -0.2) is 18.9 Å². The summed E-state index contributed by atoms with van der Waals surface area (Å²) in [6.07, 6.45) is -0.205. The van der Waals surface area contributed by atoms with Crippen molar-refractivity contribution in [1.29, 1.82) is 0 Å². The van der Waals surface area contributed by atoms with Gasteiger partial charge in [0, 0.05) is 24.5 Å². The van der Waals surface area contributed by atoms with Crippen molar-refractivity contribution in [3.05, 3.63) is 72.1 Å². The van der Waals surface area contributed by atoms with Gasteiger partial charge in [0.15, 0.2) is 0 Å². The fraction of sp³-hybridized carbons (Fsp3) is 0.238. The van der Waals surface area contributed by atoms with Crippen LogP contribution >= 0.6 is 0 Å². The lowest BCUT2D eigenvalue weighted by molar-refractivity contribution is -0.141. The van der Waals surface area contributed by atoms with Gasteiger partial charge in [-0.05, 0) is 42.7 Å². The molecule has 1 fully saturated rings. The van der Waals surface area contributed by atoms with E-state index in [1.165, 1.54) is 12.1 Å². The molecule has 4 aromatic rings. The molecule has 0 radical (unpaired) electrons. The average Bonchev–Trinajstić information content (AvgIpc) is 3.39. The Morgan fingerprint density at radius 3 is 2.71 bits per heavy atom. The monoisotopic (exact) mass is 428 g/mol. The third kappa shape index (κ3) is 3.58. The molecule has 10 heteroatoms. The van der Waals surface area contributed by atoms with Crippen molar-refractivity contribution in [3.8, 4) is 11.1 Å². The number of fused-ring (bicyclic) bond motifs is 1. The van der Waals surface area contributed by atoms with Crippen LogP contribution in [0.1, 0.15) is 30.3 Å². The van der Waals surface area contributed by atoms with Gasteiger partial charge in [0.25, 0.3) is 0 Å². The first-order valence-corrected chi connectivity index (χ1v) is 9.68. The maximum absolute atomic E-state index is 13.6. The van der Waals surface area contributed by atoms with Gasteiger partial charge < -0.3 is 4.90 Å². The average molecular weight is 428 g/mol. The van der Waals surface area contributed by atoms with E-state index in [1.807, 2.05) is 12.1 Å². The van der Waals surface area contributed by atoms with E-state index in [0.717, 1.165) is 29.8 Å². The molecule has 0 aliphatic carbocycles. The highest BCUT2D eigenvalue weighted by atomic mass is 19.4. The normalized spacial score (nSPS) is 16.9. The van der Waals surface area contributed by atoms with E-state index in [-0.39, 0.29) is 17.8 Å². The van der Waals surface area contributed by atoms with Crippen LogP contribution in [0.25, 0.3) is 16.6 Å². The van der Waals surface area contributed by atoms with Gasteiger partial charge in [0.2, 0.25) is 5.95 Å². The first-order chi connectivity index (χ1) is 14.9. The van der Waals surface area contributed by atoms with Crippen LogP contribution in [-0.2, 0) is 6.18 Å². The summed E-state index contributed by atoms with van der Waals surface area (Å²) in [5.74, 6) is -0.311. The van der Waals surface area contributed by atoms with Crippen LogP contribution in [-0.4, -0.2) is 31.3 Å². The van der Waals surface area contributed by atoms with E-state index in [1.54, 1.807) is 27.7 Å². The molecule has 1 unspecified atom stereocenters. The summed E-state index contributed by atoms with van der Waals surface area (Å²) >= 11 is 0. The summed E-state index contributed by atoms with van der Waals surface area (Å²) in [7, 11) is 0. The molecule has 4 heterocycles. The number of rotatable bonds is 3. The zero-order valence-electron chi connectivity index (χ0n) is 16.1. The van der Waals surface area contributed by atoms with Gasteiger partial charge in [-0.15, -0.1) is 5.10 Å². The van der Waals surface area contributed by atoms with Crippen LogP contribution in [0.4, 0.5) is 23.5 Å². The predicted octanol–water partition coefficient (Wildman–Crippen LogP) is 4.69. The summed E-state index contributed by atoms with van der Waals surface area (Å²) in [5.41, 5.74) is 1.87. The summed E-state index contributed by atoms with van der Waals surface area (Å²) in [4.78, 5) is 9.52. The van der Waals surface area contributed by atoms with Crippen LogP contribution < -0.4 is 4.90 Å². The van der Waals surface area contributed by atoms with Gasteiger partial charge >= 0.3 is 6.18 Å². The number of hydrogen-bond acceptors (Lipinski definition) is 5. The summed E-state index contributed by atoms with van der Waals surface area (Å²) in [5, 5.41) is 8.48. The number of nitrogens with zero attached hydrogens (tertiary/aromatic N) is 6. The number of benzene rings is 1. The predicted molar refractivity (Wildman–Crippen MR) is 105 cm³/mol. The molecule has 31 heavy (non-hydrogen) atoms. The van der Waals surface area contributed by atoms with Gasteiger partial charge in [0.1, 0.15) is 17.2 Å². The van der Waals surface area contributed by atoms with Gasteiger partial charge in [-0.3, -0.25) is 0 Å². The lowest BCUT2D eigenvalue weighted by Gasteiger charge is -2.23. The molecule has 6 nitrogen and oxygen atoms in total. The number of pyridine rings is 1. The molecular weight excluding hydrogens is 412 g/mol. The highest BCUT2D eigenvalue weighted by Crippen LogP contribution is 2.37. The van der Waals surface area contributed by atoms with Crippen LogP contribution in [0.15, 0.2) is 54.9 Å². The quantitative estimate of drug-likeness (QED) is 0.444. The van der Waals surface area contributed by atoms with Crippen molar-refractivity contribution in [2.24, 2.45) is 0 Å². The number of hydrogen-bond donors (Lipinski definition) is 0. The molecule has 0 spiro atoms. The third-order valence-electron chi connectivity index (χ3n) is 5.36. The van der Waals surface area contributed by atoms with Gasteiger partial charge in [-0.2, -0.15) is 13.2 Å². The number of anilines is 1. The molecule has 0 amide bonds. The Labute approximate surface area is 174 Å². The van der Waals surface area contributed by atoms with Crippen molar-refractivity contribution in [3.63, 3.8) is 0 Å². The smallest absolute Gasteiger partial charge is 0.332 e. The van der Waals surface area contributed by atoms with E-state index >= 15 is 0 Å². The molecule has 158 valence electrons. The standard InChI is InChI=1S/C21H16F4N6/c22-15-4-1-3-13(11-15)14-6-7-17-19(28-29-31(17)12-14)16-5-2-10-30(16)20-26-9-8-18(27-20)21(23,24)25/h1,3-4,6-9,11-12,16H,2,5,10H2. The molecule has 1 aromatic carbocycles. The van der Waals surface area contributed by atoms with Gasteiger partial charge in [-0.1, -0.05) is 23.4 Å². The molecule has 0 saturated carbocycles. The highest BCUT2D eigenvalue weighted by Gasteiger charge is 2.36. The summed E-state index contributed by atoms with van der Waals surface area (Å²) in [6.45, 7) is 0.520. The molecule has 3 aromatic heterocycles. The zero-order chi connectivity index (χ0) is 21.6. The minimum Gasteiger partial charge on any atom is -0.332 e. The fourth-order valence-corrected chi connectivity index (χ4v) is 3.92. The van der Waals surface area contributed by atoms with E-state index in [4.69, 9.17) is 0 Å². The molecule has 0 bridgehead atoms. The van der Waals surface area contributed by atoms with Crippen molar-refractivity contribution in [1.82, 2.24) is 24.8 Å². The lowest BCUT2D eigenvalue weighted by Crippen LogP contribution is -2.26. The molecule has 0 N–H and O–H groups in total. The topological polar surface area (TPSA) is 59.2 Å².